The standard InChI is InChI=1S/C25H30N4O4S2/c30-35(31,28-15-17-32-18-16-28)22-8-9-24-23(19-22)29(25(34)33-24)20-27-13-11-26(12-14-27)10-4-7-21-5-2-1-3-6-21/h1-9,19H,10-18,20H2. The fourth-order valence-electron chi connectivity index (χ4n) is 4.49. The number of benzene rings is 2. The molecule has 0 radical (unpaired) electrons. The van der Waals surface area contributed by atoms with Gasteiger partial charge in [-0.3, -0.25) is 14.4 Å². The summed E-state index contributed by atoms with van der Waals surface area (Å²) >= 11 is 5.48. The number of nitrogens with zero attached hydrogens (tertiary/aromatic N) is 4. The second-order valence-electron chi connectivity index (χ2n) is 8.82. The van der Waals surface area contributed by atoms with Gasteiger partial charge in [0.25, 0.3) is 4.84 Å². The number of rotatable bonds is 7. The zero-order valence-electron chi connectivity index (χ0n) is 19.6. The van der Waals surface area contributed by atoms with Crippen LogP contribution in [0, 0.1) is 4.84 Å². The predicted octanol–water partition coefficient (Wildman–Crippen LogP) is 3.27. The predicted molar refractivity (Wildman–Crippen MR) is 138 cm³/mol. The Labute approximate surface area is 211 Å². The van der Waals surface area contributed by atoms with Crippen molar-refractivity contribution in [2.75, 3.05) is 59.0 Å². The Bertz CT molecular complexity index is 1340. The van der Waals surface area contributed by atoms with Crippen molar-refractivity contribution in [3.05, 3.63) is 65.0 Å². The number of hydrogen-bond acceptors (Lipinski definition) is 7. The molecule has 0 bridgehead atoms. The molecule has 2 saturated heterocycles. The molecule has 186 valence electrons. The molecule has 3 aromatic rings. The summed E-state index contributed by atoms with van der Waals surface area (Å²) in [4.78, 5) is 5.36. The van der Waals surface area contributed by atoms with Gasteiger partial charge in [0.15, 0.2) is 5.58 Å². The van der Waals surface area contributed by atoms with Gasteiger partial charge in [0.05, 0.1) is 30.3 Å². The SMILES string of the molecule is O=S(=O)(c1ccc2oc(=S)n(CN3CCN(CC=Cc4ccccc4)CC3)c2c1)N1CCOCC1. The number of sulfonamides is 1. The van der Waals surface area contributed by atoms with Crippen LogP contribution in [0.2, 0.25) is 0 Å². The Morgan fingerprint density at radius 1 is 0.914 bits per heavy atom. The van der Waals surface area contributed by atoms with Gasteiger partial charge in [0, 0.05) is 45.8 Å². The molecule has 0 spiro atoms. The van der Waals surface area contributed by atoms with Gasteiger partial charge < -0.3 is 9.15 Å². The van der Waals surface area contributed by atoms with Crippen LogP contribution in [0.15, 0.2) is 63.9 Å². The molecular weight excluding hydrogens is 484 g/mol. The highest BCUT2D eigenvalue weighted by Crippen LogP contribution is 2.25. The number of hydrogen-bond donors (Lipinski definition) is 0. The highest BCUT2D eigenvalue weighted by molar-refractivity contribution is 7.89. The minimum Gasteiger partial charge on any atom is -0.429 e. The Balaban J connectivity index is 1.25. The largest absolute Gasteiger partial charge is 0.429 e. The maximum absolute atomic E-state index is 13.1. The van der Waals surface area contributed by atoms with Gasteiger partial charge in [0.1, 0.15) is 0 Å². The smallest absolute Gasteiger partial charge is 0.270 e. The number of fused-ring (bicyclic) bond motifs is 1. The maximum atomic E-state index is 13.1. The highest BCUT2D eigenvalue weighted by Gasteiger charge is 2.27. The second-order valence-corrected chi connectivity index (χ2v) is 11.1. The minimum absolute atomic E-state index is 0.256. The summed E-state index contributed by atoms with van der Waals surface area (Å²) in [7, 11) is -3.59. The van der Waals surface area contributed by atoms with Crippen molar-refractivity contribution in [2.45, 2.75) is 11.6 Å². The third-order valence-corrected chi connectivity index (χ3v) is 8.72. The first-order valence-corrected chi connectivity index (χ1v) is 13.7. The van der Waals surface area contributed by atoms with Gasteiger partial charge in [-0.05, 0) is 36.0 Å². The molecule has 0 saturated carbocycles. The van der Waals surface area contributed by atoms with Crippen molar-refractivity contribution >= 4 is 39.4 Å². The molecule has 2 aliphatic rings. The molecule has 2 aromatic carbocycles. The van der Waals surface area contributed by atoms with E-state index in [1.165, 1.54) is 9.87 Å². The lowest BCUT2D eigenvalue weighted by Crippen LogP contribution is -2.46. The molecule has 0 amide bonds. The lowest BCUT2D eigenvalue weighted by atomic mass is 10.2. The average molecular weight is 515 g/mol. The molecule has 1 aromatic heterocycles. The minimum atomic E-state index is -3.59. The summed E-state index contributed by atoms with van der Waals surface area (Å²) in [5.74, 6) is 0. The Morgan fingerprint density at radius 3 is 2.37 bits per heavy atom. The van der Waals surface area contributed by atoms with Crippen LogP contribution in [0.4, 0.5) is 0 Å². The van der Waals surface area contributed by atoms with E-state index in [1.807, 2.05) is 22.8 Å². The molecule has 3 heterocycles. The summed E-state index contributed by atoms with van der Waals surface area (Å²) in [6.07, 6.45) is 4.37. The van der Waals surface area contributed by atoms with Crippen LogP contribution in [0.1, 0.15) is 5.56 Å². The van der Waals surface area contributed by atoms with Gasteiger partial charge in [-0.25, -0.2) is 8.42 Å². The summed E-state index contributed by atoms with van der Waals surface area (Å²) in [6, 6.07) is 15.3. The van der Waals surface area contributed by atoms with E-state index >= 15 is 0 Å². The number of ether oxygens (including phenoxy) is 1. The van der Waals surface area contributed by atoms with Crippen LogP contribution in [0.3, 0.4) is 0 Å². The molecule has 35 heavy (non-hydrogen) atoms. The zero-order chi connectivity index (χ0) is 24.3. The summed E-state index contributed by atoms with van der Waals surface area (Å²) in [5, 5.41) is 0. The third kappa shape index (κ3) is 5.58. The third-order valence-electron chi connectivity index (χ3n) is 6.53. The molecule has 5 rings (SSSR count). The van der Waals surface area contributed by atoms with Crippen LogP contribution in [-0.4, -0.2) is 86.1 Å². The maximum Gasteiger partial charge on any atom is 0.270 e. The van der Waals surface area contributed by atoms with Gasteiger partial charge >= 0.3 is 0 Å². The molecule has 2 aliphatic heterocycles. The molecule has 2 fully saturated rings. The van der Waals surface area contributed by atoms with Gasteiger partial charge in [-0.15, -0.1) is 0 Å². The fraction of sp³-hybridized carbons (Fsp3) is 0.400. The molecule has 0 unspecified atom stereocenters. The molecule has 10 heteroatoms. The van der Waals surface area contributed by atoms with E-state index in [4.69, 9.17) is 21.4 Å². The normalized spacial score (nSPS) is 19.1. The highest BCUT2D eigenvalue weighted by atomic mass is 32.2. The zero-order valence-corrected chi connectivity index (χ0v) is 21.2. The summed E-state index contributed by atoms with van der Waals surface area (Å²) < 4.78 is 40.7. The van der Waals surface area contributed by atoms with E-state index in [0.717, 1.165) is 32.7 Å². The quantitative estimate of drug-likeness (QED) is 0.448. The van der Waals surface area contributed by atoms with Gasteiger partial charge in [-0.2, -0.15) is 4.31 Å². The van der Waals surface area contributed by atoms with Crippen LogP contribution in [-0.2, 0) is 21.4 Å². The van der Waals surface area contributed by atoms with Crippen LogP contribution < -0.4 is 0 Å². The topological polar surface area (TPSA) is 71.2 Å². The molecule has 8 nitrogen and oxygen atoms in total. The summed E-state index contributed by atoms with van der Waals surface area (Å²) in [6.45, 7) is 6.76. The number of piperazine rings is 1. The molecule has 0 aliphatic carbocycles. The van der Waals surface area contributed by atoms with E-state index in [1.54, 1.807) is 18.2 Å². The fourth-order valence-corrected chi connectivity index (χ4v) is 6.16. The van der Waals surface area contributed by atoms with E-state index in [9.17, 15) is 8.42 Å². The van der Waals surface area contributed by atoms with Crippen molar-refractivity contribution in [3.8, 4) is 0 Å². The lowest BCUT2D eigenvalue weighted by Gasteiger charge is -2.34. The van der Waals surface area contributed by atoms with Crippen LogP contribution in [0.5, 0.6) is 0 Å². The second kappa shape index (κ2) is 10.7. The van der Waals surface area contributed by atoms with Gasteiger partial charge in [-0.1, -0.05) is 42.5 Å². The molecule has 0 N–H and O–H groups in total. The Hall–Kier alpha value is -2.34. The van der Waals surface area contributed by atoms with E-state index in [0.29, 0.717) is 48.9 Å². The van der Waals surface area contributed by atoms with Crippen LogP contribution in [0.25, 0.3) is 17.2 Å². The van der Waals surface area contributed by atoms with Crippen molar-refractivity contribution in [1.82, 2.24) is 18.7 Å². The first-order chi connectivity index (χ1) is 17.0. The summed E-state index contributed by atoms with van der Waals surface area (Å²) in [5.41, 5.74) is 2.51. The Kier molecular flexibility index (Phi) is 7.47. The van der Waals surface area contributed by atoms with Gasteiger partial charge in [0.2, 0.25) is 10.0 Å². The van der Waals surface area contributed by atoms with E-state index < -0.39 is 10.0 Å². The molecule has 0 atom stereocenters. The number of aromatic nitrogens is 1. The monoisotopic (exact) mass is 514 g/mol. The number of morpholine rings is 1. The van der Waals surface area contributed by atoms with Crippen LogP contribution >= 0.6 is 12.2 Å². The van der Waals surface area contributed by atoms with Crippen molar-refractivity contribution < 1.29 is 17.6 Å². The van der Waals surface area contributed by atoms with E-state index in [-0.39, 0.29) is 4.90 Å². The molecular formula is C25H30N4O4S2. The first-order valence-electron chi connectivity index (χ1n) is 11.9. The average Bonchev–Trinajstić information content (AvgIpc) is 3.20. The Morgan fingerprint density at radius 2 is 1.63 bits per heavy atom. The first kappa shape index (κ1) is 24.4. The number of oxazole rings is 1. The lowest BCUT2D eigenvalue weighted by molar-refractivity contribution is 0.0730. The van der Waals surface area contributed by atoms with Crippen molar-refractivity contribution in [2.24, 2.45) is 0 Å². The van der Waals surface area contributed by atoms with Crippen molar-refractivity contribution in [1.29, 1.82) is 0 Å². The van der Waals surface area contributed by atoms with Crippen molar-refractivity contribution in [3.63, 3.8) is 0 Å². The van der Waals surface area contributed by atoms with E-state index in [2.05, 4.69) is 34.1 Å².